The SMILES string of the molecule is CN1CCN(c2cc(CN=[N+]=[N-])cc3cc(C4CC4)cnc23)C1. The van der Waals surface area contributed by atoms with Gasteiger partial charge in [0, 0.05) is 29.6 Å². The van der Waals surface area contributed by atoms with Crippen molar-refractivity contribution in [1.29, 1.82) is 0 Å². The molecule has 2 fully saturated rings. The van der Waals surface area contributed by atoms with Crippen molar-refractivity contribution in [3.05, 3.63) is 46.0 Å². The van der Waals surface area contributed by atoms with Gasteiger partial charge in [-0.05, 0) is 60.7 Å². The van der Waals surface area contributed by atoms with Crippen molar-refractivity contribution < 1.29 is 0 Å². The quantitative estimate of drug-likeness (QED) is 0.492. The maximum Gasteiger partial charge on any atom is 0.0936 e. The third kappa shape index (κ3) is 2.83. The molecule has 1 aromatic heterocycles. The van der Waals surface area contributed by atoms with Crippen molar-refractivity contribution in [2.24, 2.45) is 5.11 Å². The van der Waals surface area contributed by atoms with E-state index in [0.29, 0.717) is 12.5 Å². The standard InChI is InChI=1S/C17H20N6/c1-22-4-5-23(11-22)16-7-12(9-20-21-18)6-14-8-15(13-2-3-13)10-19-17(14)16/h6-8,10,13H,2-5,9,11H2,1H3. The molecule has 0 atom stereocenters. The molecule has 0 amide bonds. The molecule has 2 aromatic rings. The minimum absolute atomic E-state index is 0.386. The van der Waals surface area contributed by atoms with Gasteiger partial charge in [-0.15, -0.1) is 0 Å². The lowest BCUT2D eigenvalue weighted by molar-refractivity contribution is 0.421. The summed E-state index contributed by atoms with van der Waals surface area (Å²) in [5.41, 5.74) is 13.2. The maximum absolute atomic E-state index is 8.61. The Morgan fingerprint density at radius 3 is 2.87 bits per heavy atom. The van der Waals surface area contributed by atoms with E-state index in [9.17, 15) is 0 Å². The molecule has 0 spiro atoms. The first-order valence-corrected chi connectivity index (χ1v) is 8.11. The molecule has 0 bridgehead atoms. The van der Waals surface area contributed by atoms with Gasteiger partial charge in [0.05, 0.1) is 24.4 Å². The number of hydrogen-bond acceptors (Lipinski definition) is 4. The molecule has 4 rings (SSSR count). The molecule has 2 aliphatic rings. The summed E-state index contributed by atoms with van der Waals surface area (Å²) >= 11 is 0. The molecule has 6 nitrogen and oxygen atoms in total. The summed E-state index contributed by atoms with van der Waals surface area (Å²) in [5.74, 6) is 0.689. The second-order valence-electron chi connectivity index (χ2n) is 6.60. The fourth-order valence-corrected chi connectivity index (χ4v) is 3.31. The highest BCUT2D eigenvalue weighted by Crippen LogP contribution is 2.41. The van der Waals surface area contributed by atoms with Crippen LogP contribution in [-0.2, 0) is 6.54 Å². The Hall–Kier alpha value is -2.30. The normalized spacial score (nSPS) is 18.4. The molecular weight excluding hydrogens is 288 g/mol. The number of benzene rings is 1. The molecule has 118 valence electrons. The fourth-order valence-electron chi connectivity index (χ4n) is 3.31. The molecule has 2 heterocycles. The lowest BCUT2D eigenvalue weighted by atomic mass is 10.0. The van der Waals surface area contributed by atoms with Gasteiger partial charge in [-0.25, -0.2) is 0 Å². The Bertz CT molecular complexity index is 791. The predicted molar refractivity (Wildman–Crippen MR) is 91.4 cm³/mol. The van der Waals surface area contributed by atoms with E-state index in [1.54, 1.807) is 0 Å². The molecule has 0 N–H and O–H groups in total. The summed E-state index contributed by atoms with van der Waals surface area (Å²) < 4.78 is 0. The smallest absolute Gasteiger partial charge is 0.0936 e. The minimum Gasteiger partial charge on any atom is -0.355 e. The summed E-state index contributed by atoms with van der Waals surface area (Å²) in [4.78, 5) is 12.3. The zero-order valence-corrected chi connectivity index (χ0v) is 13.3. The van der Waals surface area contributed by atoms with Gasteiger partial charge in [0.15, 0.2) is 0 Å². The van der Waals surface area contributed by atoms with Gasteiger partial charge in [0.25, 0.3) is 0 Å². The average molecular weight is 308 g/mol. The zero-order valence-electron chi connectivity index (χ0n) is 13.3. The van der Waals surface area contributed by atoms with Crippen LogP contribution >= 0.6 is 0 Å². The summed E-state index contributed by atoms with van der Waals surface area (Å²) in [6.45, 7) is 3.35. The predicted octanol–water partition coefficient (Wildman–Crippen LogP) is 3.63. The molecule has 1 aliphatic carbocycles. The van der Waals surface area contributed by atoms with Gasteiger partial charge in [0.1, 0.15) is 0 Å². The van der Waals surface area contributed by atoms with Crippen LogP contribution in [-0.4, -0.2) is 36.7 Å². The van der Waals surface area contributed by atoms with E-state index in [4.69, 9.17) is 10.5 Å². The molecule has 0 unspecified atom stereocenters. The number of nitrogens with zero attached hydrogens (tertiary/aromatic N) is 6. The zero-order chi connectivity index (χ0) is 15.8. The van der Waals surface area contributed by atoms with Gasteiger partial charge in [0.2, 0.25) is 0 Å². The topological polar surface area (TPSA) is 68.1 Å². The van der Waals surface area contributed by atoms with Gasteiger partial charge in [-0.1, -0.05) is 5.11 Å². The Labute approximate surface area is 135 Å². The Balaban J connectivity index is 1.82. The molecule has 23 heavy (non-hydrogen) atoms. The van der Waals surface area contributed by atoms with Crippen LogP contribution in [0.3, 0.4) is 0 Å². The Morgan fingerprint density at radius 1 is 1.30 bits per heavy atom. The number of fused-ring (bicyclic) bond motifs is 1. The van der Waals surface area contributed by atoms with E-state index in [0.717, 1.165) is 41.9 Å². The average Bonchev–Trinajstić information content (AvgIpc) is 3.33. The molecule has 1 aliphatic heterocycles. The summed E-state index contributed by atoms with van der Waals surface area (Å²) in [6, 6.07) is 6.51. The molecule has 1 saturated carbocycles. The largest absolute Gasteiger partial charge is 0.355 e. The van der Waals surface area contributed by atoms with Crippen molar-refractivity contribution in [3.8, 4) is 0 Å². The minimum atomic E-state index is 0.386. The van der Waals surface area contributed by atoms with Gasteiger partial charge in [-0.3, -0.25) is 9.88 Å². The lowest BCUT2D eigenvalue weighted by Crippen LogP contribution is -2.22. The Morgan fingerprint density at radius 2 is 2.17 bits per heavy atom. The van der Waals surface area contributed by atoms with E-state index < -0.39 is 0 Å². The highest BCUT2D eigenvalue weighted by atomic mass is 15.4. The summed E-state index contributed by atoms with van der Waals surface area (Å²) in [6.07, 6.45) is 4.58. The van der Waals surface area contributed by atoms with Crippen LogP contribution in [0.4, 0.5) is 5.69 Å². The second-order valence-corrected chi connectivity index (χ2v) is 6.60. The molecular formula is C17H20N6. The Kier molecular flexibility index (Phi) is 3.56. The van der Waals surface area contributed by atoms with E-state index in [1.165, 1.54) is 18.4 Å². The molecule has 1 aromatic carbocycles. The van der Waals surface area contributed by atoms with Crippen LogP contribution in [0, 0.1) is 0 Å². The van der Waals surface area contributed by atoms with Crippen molar-refractivity contribution in [2.45, 2.75) is 25.3 Å². The first-order valence-electron chi connectivity index (χ1n) is 8.11. The van der Waals surface area contributed by atoms with Crippen molar-refractivity contribution in [1.82, 2.24) is 9.88 Å². The fraction of sp³-hybridized carbons (Fsp3) is 0.471. The van der Waals surface area contributed by atoms with Crippen LogP contribution < -0.4 is 4.90 Å². The number of rotatable bonds is 4. The van der Waals surface area contributed by atoms with Crippen molar-refractivity contribution in [2.75, 3.05) is 31.7 Å². The molecule has 6 heteroatoms. The first-order chi connectivity index (χ1) is 11.2. The lowest BCUT2D eigenvalue weighted by Gasteiger charge is -2.21. The van der Waals surface area contributed by atoms with Crippen LogP contribution in [0.1, 0.15) is 29.9 Å². The highest BCUT2D eigenvalue weighted by Gasteiger charge is 2.25. The molecule has 0 radical (unpaired) electrons. The van der Waals surface area contributed by atoms with Crippen molar-refractivity contribution in [3.63, 3.8) is 0 Å². The highest BCUT2D eigenvalue weighted by molar-refractivity contribution is 5.92. The van der Waals surface area contributed by atoms with Crippen LogP contribution in [0.15, 0.2) is 29.5 Å². The second kappa shape index (κ2) is 5.72. The third-order valence-electron chi connectivity index (χ3n) is 4.71. The van der Waals surface area contributed by atoms with E-state index in [2.05, 4.69) is 45.1 Å². The number of likely N-dealkylation sites (N-methyl/N-ethyl adjacent to an activating group) is 1. The number of pyridine rings is 1. The number of aromatic nitrogens is 1. The van der Waals surface area contributed by atoms with Crippen LogP contribution in [0.25, 0.3) is 21.3 Å². The summed E-state index contributed by atoms with van der Waals surface area (Å²) in [7, 11) is 2.13. The van der Waals surface area contributed by atoms with Gasteiger partial charge < -0.3 is 4.90 Å². The van der Waals surface area contributed by atoms with Gasteiger partial charge in [-0.2, -0.15) is 0 Å². The van der Waals surface area contributed by atoms with E-state index in [-0.39, 0.29) is 0 Å². The number of azide groups is 1. The monoisotopic (exact) mass is 308 g/mol. The first kappa shape index (κ1) is 14.3. The van der Waals surface area contributed by atoms with Gasteiger partial charge >= 0.3 is 0 Å². The van der Waals surface area contributed by atoms with E-state index >= 15 is 0 Å². The van der Waals surface area contributed by atoms with Crippen LogP contribution in [0.2, 0.25) is 0 Å². The number of hydrogen-bond donors (Lipinski definition) is 0. The van der Waals surface area contributed by atoms with E-state index in [1.807, 2.05) is 6.20 Å². The van der Waals surface area contributed by atoms with Crippen LogP contribution in [0.5, 0.6) is 0 Å². The summed E-state index contributed by atoms with van der Waals surface area (Å²) in [5, 5.41) is 4.89. The third-order valence-corrected chi connectivity index (χ3v) is 4.71. The molecule has 1 saturated heterocycles. The van der Waals surface area contributed by atoms with Crippen molar-refractivity contribution >= 4 is 16.6 Å². The maximum atomic E-state index is 8.61. The number of anilines is 1.